The van der Waals surface area contributed by atoms with E-state index in [0.717, 1.165) is 117 Å². The summed E-state index contributed by atoms with van der Waals surface area (Å²) in [6.07, 6.45) is 16.3. The van der Waals surface area contributed by atoms with Gasteiger partial charge < -0.3 is 35.8 Å². The maximum Gasteiger partial charge on any atom is 0.270 e. The van der Waals surface area contributed by atoms with Crippen molar-refractivity contribution in [3.8, 4) is 0 Å². The first-order valence-corrected chi connectivity index (χ1v) is 25.2. The Bertz CT molecular complexity index is 2340. The number of aromatic nitrogens is 2. The van der Waals surface area contributed by atoms with Gasteiger partial charge in [-0.15, -0.1) is 0 Å². The van der Waals surface area contributed by atoms with Gasteiger partial charge in [-0.3, -0.25) is 14.8 Å². The molecule has 0 aliphatic rings. The molecule has 6 rings (SSSR count). The molecular formula is C57H76N6O5. The Labute approximate surface area is 404 Å². The van der Waals surface area contributed by atoms with Crippen molar-refractivity contribution in [1.82, 2.24) is 19.9 Å². The zero-order valence-corrected chi connectivity index (χ0v) is 40.2. The molecule has 0 aliphatic carbocycles. The van der Waals surface area contributed by atoms with E-state index < -0.39 is 11.5 Å². The number of nitrogens with zero attached hydrogens (tertiary/aromatic N) is 2. The van der Waals surface area contributed by atoms with E-state index in [0.29, 0.717) is 70.9 Å². The number of rotatable bonds is 32. The van der Waals surface area contributed by atoms with Gasteiger partial charge in [0.25, 0.3) is 5.91 Å². The molecule has 2 aromatic heterocycles. The Hall–Kier alpha value is -5.56. The number of hydroxylamine groups is 1. The highest BCUT2D eigenvalue weighted by Crippen LogP contribution is 2.36. The second-order valence-corrected chi connectivity index (χ2v) is 18.3. The molecular weight excluding hydrogens is 849 g/mol. The maximum atomic E-state index is 15.2. The van der Waals surface area contributed by atoms with Gasteiger partial charge in [0.2, 0.25) is 5.91 Å². The van der Waals surface area contributed by atoms with Crippen LogP contribution in [-0.2, 0) is 47.5 Å². The molecule has 6 aromatic rings. The molecule has 2 heterocycles. The summed E-state index contributed by atoms with van der Waals surface area (Å²) in [4.78, 5) is 33.2. The summed E-state index contributed by atoms with van der Waals surface area (Å²) in [5, 5.41) is 23.6. The van der Waals surface area contributed by atoms with Crippen molar-refractivity contribution in [2.45, 2.75) is 128 Å². The summed E-state index contributed by atoms with van der Waals surface area (Å²) in [5.41, 5.74) is 20.4. The van der Waals surface area contributed by atoms with E-state index >= 15 is 4.79 Å². The van der Waals surface area contributed by atoms with Crippen molar-refractivity contribution in [2.75, 3.05) is 32.8 Å². The average Bonchev–Trinajstić information content (AvgIpc) is 3.95. The van der Waals surface area contributed by atoms with E-state index in [9.17, 15) is 15.1 Å². The number of benzene rings is 4. The first-order valence-electron chi connectivity index (χ1n) is 25.2. The molecule has 68 heavy (non-hydrogen) atoms. The Kier molecular flexibility index (Phi) is 21.4. The van der Waals surface area contributed by atoms with E-state index in [1.165, 1.54) is 16.5 Å². The zero-order chi connectivity index (χ0) is 47.8. The molecule has 11 heteroatoms. The topological polar surface area (TPSA) is 172 Å². The third-order valence-electron chi connectivity index (χ3n) is 13.3. The number of aryl methyl sites for hydroxylation is 2. The van der Waals surface area contributed by atoms with Crippen LogP contribution in [-0.4, -0.2) is 69.4 Å². The van der Waals surface area contributed by atoms with Gasteiger partial charge >= 0.3 is 0 Å². The van der Waals surface area contributed by atoms with Crippen LogP contribution < -0.4 is 16.9 Å². The molecule has 0 fully saturated rings. The van der Waals surface area contributed by atoms with Crippen LogP contribution in [0.3, 0.4) is 0 Å². The second-order valence-electron chi connectivity index (χ2n) is 18.3. The number of hydrogen-bond acceptors (Lipinski definition) is 7. The summed E-state index contributed by atoms with van der Waals surface area (Å²) in [6.45, 7) is 4.19. The van der Waals surface area contributed by atoms with E-state index in [-0.39, 0.29) is 12.3 Å². The van der Waals surface area contributed by atoms with Gasteiger partial charge in [-0.05, 0) is 123 Å². The lowest BCUT2D eigenvalue weighted by Gasteiger charge is -2.30. The second kappa shape index (κ2) is 28.1. The largest absolute Gasteiger partial charge is 0.380 e. The number of ether oxygens (including phenoxy) is 1. The highest BCUT2D eigenvalue weighted by Gasteiger charge is 2.33. The number of carbonyl (C=O) groups is 2. The molecule has 0 radical (unpaired) electrons. The predicted octanol–water partition coefficient (Wildman–Crippen LogP) is 10.1. The number of amides is 2. The Balaban J connectivity index is 1.29. The number of carbonyl (C=O) groups excluding carboxylic acids is 2. The third-order valence-corrected chi connectivity index (χ3v) is 13.3. The van der Waals surface area contributed by atoms with Crippen LogP contribution in [0.4, 0.5) is 0 Å². The van der Waals surface area contributed by atoms with Gasteiger partial charge in [-0.1, -0.05) is 142 Å². The van der Waals surface area contributed by atoms with Crippen molar-refractivity contribution >= 4 is 22.7 Å². The molecule has 11 nitrogen and oxygen atoms in total. The maximum absolute atomic E-state index is 15.2. The van der Waals surface area contributed by atoms with Gasteiger partial charge in [-0.2, -0.15) is 0 Å². The molecule has 2 amide bonds. The fraction of sp³-hybridized carbons (Fsp3) is 0.439. The number of para-hydroxylation sites is 1. The van der Waals surface area contributed by atoms with Crippen LogP contribution in [0.1, 0.15) is 139 Å². The minimum absolute atomic E-state index is 0.0344. The number of nitrogens with one attached hydrogen (secondary N) is 2. The fourth-order valence-corrected chi connectivity index (χ4v) is 9.48. The Morgan fingerprint density at radius 3 is 1.94 bits per heavy atom. The highest BCUT2D eigenvalue weighted by molar-refractivity contribution is 5.93. The molecule has 0 saturated heterocycles. The molecule has 0 saturated carbocycles. The van der Waals surface area contributed by atoms with Crippen LogP contribution in [0.5, 0.6) is 0 Å². The van der Waals surface area contributed by atoms with Crippen molar-refractivity contribution in [1.29, 1.82) is 0 Å². The van der Waals surface area contributed by atoms with Gasteiger partial charge in [-0.25, -0.2) is 5.48 Å². The monoisotopic (exact) mass is 925 g/mol. The summed E-state index contributed by atoms with van der Waals surface area (Å²) < 4.78 is 8.37. The summed E-state index contributed by atoms with van der Waals surface area (Å²) in [7, 11) is 0. The zero-order valence-electron chi connectivity index (χ0n) is 40.2. The minimum atomic E-state index is -1.34. The Morgan fingerprint density at radius 2 is 1.28 bits per heavy atom. The highest BCUT2D eigenvalue weighted by atomic mass is 16.5. The first kappa shape index (κ1) is 51.8. The van der Waals surface area contributed by atoms with Gasteiger partial charge in [0, 0.05) is 55.5 Å². The minimum Gasteiger partial charge on any atom is -0.380 e. The lowest BCUT2D eigenvalue weighted by molar-refractivity contribution is -0.129. The third kappa shape index (κ3) is 15.2. The molecule has 8 N–H and O–H groups in total. The number of aliphatic hydroxyl groups is 1. The quantitative estimate of drug-likeness (QED) is 0.0139. The van der Waals surface area contributed by atoms with Gasteiger partial charge in [0.05, 0.1) is 6.61 Å². The molecule has 0 atom stereocenters. The number of fused-ring (bicyclic) bond motifs is 1. The van der Waals surface area contributed by atoms with Crippen LogP contribution in [0.15, 0.2) is 121 Å². The van der Waals surface area contributed by atoms with Crippen LogP contribution >= 0.6 is 0 Å². The van der Waals surface area contributed by atoms with E-state index in [4.69, 9.17) is 16.2 Å². The van der Waals surface area contributed by atoms with E-state index in [1.54, 1.807) is 5.48 Å². The van der Waals surface area contributed by atoms with Crippen molar-refractivity contribution in [2.24, 2.45) is 11.5 Å². The van der Waals surface area contributed by atoms with Crippen LogP contribution in [0.25, 0.3) is 10.9 Å². The molecule has 4 aromatic carbocycles. The van der Waals surface area contributed by atoms with Gasteiger partial charge in [0.15, 0.2) is 0 Å². The lowest BCUT2D eigenvalue weighted by atomic mass is 9.82. The number of unbranched alkanes of at least 4 members (excludes halogenated alkanes) is 9. The summed E-state index contributed by atoms with van der Waals surface area (Å²) in [6, 6.07) is 38.2. The molecule has 0 spiro atoms. The van der Waals surface area contributed by atoms with Crippen LogP contribution in [0.2, 0.25) is 0 Å². The predicted molar refractivity (Wildman–Crippen MR) is 274 cm³/mol. The summed E-state index contributed by atoms with van der Waals surface area (Å²) in [5.74, 6) is -0.542. The molecule has 0 unspecified atom stereocenters. The number of aromatic amines is 1. The molecule has 0 bridgehead atoms. The fourth-order valence-electron chi connectivity index (χ4n) is 9.48. The van der Waals surface area contributed by atoms with E-state index in [2.05, 4.69) is 58.2 Å². The van der Waals surface area contributed by atoms with Crippen molar-refractivity contribution in [3.63, 3.8) is 0 Å². The standard InChI is InChI=1S/C57H76N6O5/c58-35-16-3-1-5-18-37-62(38-19-6-2-4-17-36-59)56(65)54-41-47(31-32-55(64)61-67)53(33-34-57(66,49-25-9-7-10-26-49)50-27-11-8-12-28-50)63(54)43-45-22-21-23-46(40-45)44-68-39-20-15-24-48-42-60-52-30-14-13-29-51(48)52/h7-14,21-23,25-30,40-42,60,66-67H,1-6,15-20,24,31-39,43-44,58-59H2,(H,61,64). The van der Waals surface area contributed by atoms with Crippen molar-refractivity contribution in [3.05, 3.63) is 166 Å². The van der Waals surface area contributed by atoms with Gasteiger partial charge in [0.1, 0.15) is 11.3 Å². The normalized spacial score (nSPS) is 11.6. The van der Waals surface area contributed by atoms with Crippen molar-refractivity contribution < 1.29 is 24.6 Å². The number of hydrogen-bond donors (Lipinski definition) is 6. The Morgan fingerprint density at radius 1 is 0.662 bits per heavy atom. The average molecular weight is 925 g/mol. The number of H-pyrrole nitrogens is 1. The molecule has 364 valence electrons. The lowest BCUT2D eigenvalue weighted by Crippen LogP contribution is -2.35. The first-order chi connectivity index (χ1) is 33.3. The SMILES string of the molecule is NCCCCCCCN(CCCCCCCN)C(=O)c1cc(CCC(=O)NO)c(CCC(O)(c2ccccc2)c2ccccc2)n1Cc1cccc(COCCCCc2c[nH]c3ccccc23)c1. The van der Waals surface area contributed by atoms with E-state index in [1.807, 2.05) is 77.7 Å². The smallest absolute Gasteiger partial charge is 0.270 e. The summed E-state index contributed by atoms with van der Waals surface area (Å²) >= 11 is 0. The number of nitrogens with two attached hydrogens (primary N) is 2. The van der Waals surface area contributed by atoms with Crippen LogP contribution in [0, 0.1) is 0 Å². The molecule has 0 aliphatic heterocycles.